The van der Waals surface area contributed by atoms with Crippen LogP contribution in [-0.2, 0) is 6.42 Å². The first-order chi connectivity index (χ1) is 6.77. The van der Waals surface area contributed by atoms with E-state index in [4.69, 9.17) is 5.73 Å². The molecule has 0 aliphatic carbocycles. The molecule has 1 aromatic carbocycles. The van der Waals surface area contributed by atoms with Crippen LogP contribution in [-0.4, -0.2) is 12.5 Å². The van der Waals surface area contributed by atoms with E-state index in [-0.39, 0.29) is 0 Å². The van der Waals surface area contributed by atoms with Crippen molar-refractivity contribution in [2.75, 3.05) is 11.9 Å². The molecule has 1 aromatic rings. The monoisotopic (exact) mass is 191 g/mol. The number of guanidine groups is 1. The van der Waals surface area contributed by atoms with E-state index in [0.717, 1.165) is 12.1 Å². The Hall–Kier alpha value is -1.51. The zero-order chi connectivity index (χ0) is 10.4. The molecule has 0 aliphatic heterocycles. The lowest BCUT2D eigenvalue weighted by Crippen LogP contribution is -2.23. The highest BCUT2D eigenvalue weighted by Crippen LogP contribution is 2.14. The van der Waals surface area contributed by atoms with E-state index in [1.165, 1.54) is 5.56 Å². The Morgan fingerprint density at radius 2 is 2.07 bits per heavy atom. The highest BCUT2D eigenvalue weighted by Gasteiger charge is 1.99. The molecule has 0 aliphatic rings. The molecule has 0 heterocycles. The van der Waals surface area contributed by atoms with Crippen molar-refractivity contribution in [3.05, 3.63) is 29.8 Å². The van der Waals surface area contributed by atoms with Crippen LogP contribution in [0.4, 0.5) is 5.69 Å². The third-order valence-electron chi connectivity index (χ3n) is 1.99. The minimum atomic E-state index is 0.480. The van der Waals surface area contributed by atoms with Gasteiger partial charge in [0.2, 0.25) is 0 Å². The first-order valence-electron chi connectivity index (χ1n) is 4.92. The Balaban J connectivity index is 2.80. The summed E-state index contributed by atoms with van der Waals surface area (Å²) in [7, 11) is 0. The number of hydrogen-bond donors (Lipinski definition) is 2. The van der Waals surface area contributed by atoms with Gasteiger partial charge in [0.15, 0.2) is 5.96 Å². The van der Waals surface area contributed by atoms with Crippen molar-refractivity contribution < 1.29 is 0 Å². The summed E-state index contributed by atoms with van der Waals surface area (Å²) < 4.78 is 0. The number of benzene rings is 1. The second-order valence-corrected chi connectivity index (χ2v) is 3.00. The quantitative estimate of drug-likeness (QED) is 0.567. The molecule has 14 heavy (non-hydrogen) atoms. The Morgan fingerprint density at radius 3 is 2.71 bits per heavy atom. The third kappa shape index (κ3) is 2.76. The van der Waals surface area contributed by atoms with E-state index < -0.39 is 0 Å². The van der Waals surface area contributed by atoms with Crippen molar-refractivity contribution in [2.45, 2.75) is 20.3 Å². The van der Waals surface area contributed by atoms with Crippen LogP contribution >= 0.6 is 0 Å². The van der Waals surface area contributed by atoms with Crippen molar-refractivity contribution in [3.63, 3.8) is 0 Å². The maximum Gasteiger partial charge on any atom is 0.193 e. The highest BCUT2D eigenvalue weighted by atomic mass is 15.1. The minimum absolute atomic E-state index is 0.480. The molecule has 76 valence electrons. The average molecular weight is 191 g/mol. The van der Waals surface area contributed by atoms with Gasteiger partial charge in [-0.25, -0.2) is 0 Å². The van der Waals surface area contributed by atoms with E-state index in [2.05, 4.69) is 23.3 Å². The van der Waals surface area contributed by atoms with Crippen molar-refractivity contribution in [2.24, 2.45) is 10.7 Å². The number of hydrogen-bond acceptors (Lipinski definition) is 1. The highest BCUT2D eigenvalue weighted by molar-refractivity contribution is 5.92. The van der Waals surface area contributed by atoms with Gasteiger partial charge in [0, 0.05) is 12.2 Å². The van der Waals surface area contributed by atoms with Crippen LogP contribution in [0.15, 0.2) is 29.3 Å². The second-order valence-electron chi connectivity index (χ2n) is 3.00. The maximum absolute atomic E-state index is 5.68. The molecule has 0 spiro atoms. The summed E-state index contributed by atoms with van der Waals surface area (Å²) in [5.74, 6) is 0.480. The smallest absolute Gasteiger partial charge is 0.193 e. The normalized spacial score (nSPS) is 11.4. The van der Waals surface area contributed by atoms with E-state index in [9.17, 15) is 0 Å². The molecule has 3 heteroatoms. The van der Waals surface area contributed by atoms with Crippen molar-refractivity contribution in [1.82, 2.24) is 0 Å². The van der Waals surface area contributed by atoms with Crippen molar-refractivity contribution in [3.8, 4) is 0 Å². The Labute approximate surface area is 85.0 Å². The van der Waals surface area contributed by atoms with Crippen LogP contribution in [0.1, 0.15) is 19.4 Å². The summed E-state index contributed by atoms with van der Waals surface area (Å²) in [5.41, 5.74) is 7.98. The van der Waals surface area contributed by atoms with Gasteiger partial charge >= 0.3 is 0 Å². The summed E-state index contributed by atoms with van der Waals surface area (Å²) in [6.45, 7) is 4.78. The number of aliphatic imine (C=N–C) groups is 1. The fourth-order valence-electron chi connectivity index (χ4n) is 1.30. The second kappa shape index (κ2) is 5.27. The van der Waals surface area contributed by atoms with Gasteiger partial charge in [-0.3, -0.25) is 4.99 Å². The summed E-state index contributed by atoms with van der Waals surface area (Å²) >= 11 is 0. The van der Waals surface area contributed by atoms with Gasteiger partial charge < -0.3 is 11.1 Å². The van der Waals surface area contributed by atoms with Gasteiger partial charge in [-0.2, -0.15) is 0 Å². The number of nitrogens with zero attached hydrogens (tertiary/aromatic N) is 1. The zero-order valence-corrected chi connectivity index (χ0v) is 8.75. The molecule has 0 saturated carbocycles. The fourth-order valence-corrected chi connectivity index (χ4v) is 1.30. The first-order valence-corrected chi connectivity index (χ1v) is 4.92. The van der Waals surface area contributed by atoms with Gasteiger partial charge in [-0.05, 0) is 25.0 Å². The van der Waals surface area contributed by atoms with E-state index >= 15 is 0 Å². The largest absolute Gasteiger partial charge is 0.370 e. The number of aryl methyl sites for hydroxylation is 1. The lowest BCUT2D eigenvalue weighted by molar-refractivity contribution is 1.11. The SMILES string of the molecule is CCN=C(N)Nc1ccccc1CC. The molecule has 0 unspecified atom stereocenters. The molecule has 3 nitrogen and oxygen atoms in total. The Morgan fingerprint density at radius 1 is 1.36 bits per heavy atom. The molecule has 1 rings (SSSR count). The zero-order valence-electron chi connectivity index (χ0n) is 8.75. The lowest BCUT2D eigenvalue weighted by Gasteiger charge is -2.09. The number of rotatable bonds is 3. The minimum Gasteiger partial charge on any atom is -0.370 e. The van der Waals surface area contributed by atoms with Gasteiger partial charge in [-0.15, -0.1) is 0 Å². The molecule has 0 saturated heterocycles. The third-order valence-corrected chi connectivity index (χ3v) is 1.99. The number of nitrogens with one attached hydrogen (secondary N) is 1. The maximum atomic E-state index is 5.68. The van der Waals surface area contributed by atoms with Gasteiger partial charge in [0.05, 0.1) is 0 Å². The molecular formula is C11H17N3. The lowest BCUT2D eigenvalue weighted by atomic mass is 10.1. The summed E-state index contributed by atoms with van der Waals surface area (Å²) in [5, 5.41) is 3.09. The van der Waals surface area contributed by atoms with Crippen LogP contribution in [0.5, 0.6) is 0 Å². The molecule has 3 N–H and O–H groups in total. The first kappa shape index (κ1) is 10.6. The van der Waals surface area contributed by atoms with Gasteiger partial charge in [-0.1, -0.05) is 25.1 Å². The number of nitrogens with two attached hydrogens (primary N) is 1. The molecule has 0 atom stereocenters. The van der Waals surface area contributed by atoms with Crippen LogP contribution in [0.3, 0.4) is 0 Å². The van der Waals surface area contributed by atoms with Gasteiger partial charge in [0.25, 0.3) is 0 Å². The molecular weight excluding hydrogens is 174 g/mol. The number of anilines is 1. The Kier molecular flexibility index (Phi) is 3.98. The number of para-hydroxylation sites is 1. The van der Waals surface area contributed by atoms with Gasteiger partial charge in [0.1, 0.15) is 0 Å². The summed E-state index contributed by atoms with van der Waals surface area (Å²) in [4.78, 5) is 4.08. The van der Waals surface area contributed by atoms with E-state index in [1.54, 1.807) is 0 Å². The topological polar surface area (TPSA) is 50.4 Å². The fraction of sp³-hybridized carbons (Fsp3) is 0.364. The Bertz CT molecular complexity index is 318. The standard InChI is InChI=1S/C11H17N3/c1-3-9-7-5-6-8-10(9)14-11(12)13-4-2/h5-8H,3-4H2,1-2H3,(H3,12,13,14). The molecule has 0 aromatic heterocycles. The summed E-state index contributed by atoms with van der Waals surface area (Å²) in [6.07, 6.45) is 0.989. The predicted octanol–water partition coefficient (Wildman–Crippen LogP) is 2.00. The predicted molar refractivity (Wildman–Crippen MR) is 61.6 cm³/mol. The molecule has 0 radical (unpaired) electrons. The van der Waals surface area contributed by atoms with Crippen LogP contribution < -0.4 is 11.1 Å². The van der Waals surface area contributed by atoms with Crippen molar-refractivity contribution in [1.29, 1.82) is 0 Å². The van der Waals surface area contributed by atoms with Crippen LogP contribution in [0.25, 0.3) is 0 Å². The molecule has 0 bridgehead atoms. The van der Waals surface area contributed by atoms with E-state index in [1.807, 2.05) is 25.1 Å². The van der Waals surface area contributed by atoms with Crippen molar-refractivity contribution >= 4 is 11.6 Å². The average Bonchev–Trinajstić information content (AvgIpc) is 2.19. The molecule has 0 amide bonds. The molecule has 0 fully saturated rings. The van der Waals surface area contributed by atoms with Crippen LogP contribution in [0, 0.1) is 0 Å². The van der Waals surface area contributed by atoms with Crippen LogP contribution in [0.2, 0.25) is 0 Å². The summed E-state index contributed by atoms with van der Waals surface area (Å²) in [6, 6.07) is 8.11. The van der Waals surface area contributed by atoms with E-state index in [0.29, 0.717) is 12.5 Å².